The Morgan fingerprint density at radius 1 is 1.32 bits per heavy atom. The predicted octanol–water partition coefficient (Wildman–Crippen LogP) is 2.22. The molecule has 106 valence electrons. The van der Waals surface area contributed by atoms with Crippen LogP contribution < -0.4 is 0 Å². The SMILES string of the molecule is COCCN1CCC(C(O)c2ccc(F)cc2)CC1. The maximum Gasteiger partial charge on any atom is 0.123 e. The van der Waals surface area contributed by atoms with E-state index in [1.165, 1.54) is 12.1 Å². The number of aliphatic hydroxyl groups is 1. The van der Waals surface area contributed by atoms with Crippen molar-refractivity contribution in [1.29, 1.82) is 0 Å². The predicted molar refractivity (Wildman–Crippen MR) is 72.4 cm³/mol. The molecule has 0 aromatic heterocycles. The lowest BCUT2D eigenvalue weighted by Gasteiger charge is -2.34. The number of likely N-dealkylation sites (tertiary alicyclic amines) is 1. The van der Waals surface area contributed by atoms with Gasteiger partial charge in [0.05, 0.1) is 12.7 Å². The molecule has 1 aliphatic heterocycles. The van der Waals surface area contributed by atoms with Gasteiger partial charge in [-0.05, 0) is 49.5 Å². The van der Waals surface area contributed by atoms with Crippen LogP contribution in [0, 0.1) is 11.7 Å². The van der Waals surface area contributed by atoms with Gasteiger partial charge in [0.2, 0.25) is 0 Å². The third-order valence-electron chi connectivity index (χ3n) is 3.90. The fourth-order valence-corrected chi connectivity index (χ4v) is 2.64. The van der Waals surface area contributed by atoms with Crippen LogP contribution in [0.3, 0.4) is 0 Å². The first-order valence-corrected chi connectivity index (χ1v) is 6.85. The smallest absolute Gasteiger partial charge is 0.123 e. The zero-order chi connectivity index (χ0) is 13.7. The van der Waals surface area contributed by atoms with Gasteiger partial charge in [0.15, 0.2) is 0 Å². The molecule has 1 aromatic rings. The molecule has 1 saturated heterocycles. The molecule has 1 atom stereocenters. The van der Waals surface area contributed by atoms with Gasteiger partial charge in [0.25, 0.3) is 0 Å². The van der Waals surface area contributed by atoms with Crippen LogP contribution in [0.25, 0.3) is 0 Å². The highest BCUT2D eigenvalue weighted by molar-refractivity contribution is 5.19. The van der Waals surface area contributed by atoms with Gasteiger partial charge >= 0.3 is 0 Å². The summed E-state index contributed by atoms with van der Waals surface area (Å²) < 4.78 is 17.9. The monoisotopic (exact) mass is 267 g/mol. The molecule has 1 unspecified atom stereocenters. The number of ether oxygens (including phenoxy) is 1. The molecule has 1 aromatic carbocycles. The van der Waals surface area contributed by atoms with E-state index < -0.39 is 6.10 Å². The summed E-state index contributed by atoms with van der Waals surface area (Å²) in [5.41, 5.74) is 0.816. The first-order chi connectivity index (χ1) is 9.20. The highest BCUT2D eigenvalue weighted by Gasteiger charge is 2.25. The molecule has 0 bridgehead atoms. The first-order valence-electron chi connectivity index (χ1n) is 6.85. The van der Waals surface area contributed by atoms with E-state index in [-0.39, 0.29) is 11.7 Å². The molecule has 2 rings (SSSR count). The lowest BCUT2D eigenvalue weighted by Crippen LogP contribution is -2.37. The summed E-state index contributed by atoms with van der Waals surface area (Å²) in [4.78, 5) is 2.36. The van der Waals surface area contributed by atoms with Gasteiger partial charge in [0.1, 0.15) is 5.82 Å². The van der Waals surface area contributed by atoms with Gasteiger partial charge < -0.3 is 14.7 Å². The van der Waals surface area contributed by atoms with E-state index in [4.69, 9.17) is 4.74 Å². The van der Waals surface area contributed by atoms with Gasteiger partial charge in [-0.3, -0.25) is 0 Å². The van der Waals surface area contributed by atoms with Crippen LogP contribution in [0.5, 0.6) is 0 Å². The van der Waals surface area contributed by atoms with Crippen molar-refractivity contribution in [3.63, 3.8) is 0 Å². The minimum atomic E-state index is -0.481. The minimum absolute atomic E-state index is 0.259. The fourth-order valence-electron chi connectivity index (χ4n) is 2.64. The van der Waals surface area contributed by atoms with E-state index in [2.05, 4.69) is 4.90 Å². The zero-order valence-corrected chi connectivity index (χ0v) is 11.4. The Hall–Kier alpha value is -0.970. The zero-order valence-electron chi connectivity index (χ0n) is 11.4. The van der Waals surface area contributed by atoms with Gasteiger partial charge in [0, 0.05) is 13.7 Å². The number of aliphatic hydroxyl groups excluding tert-OH is 1. The maximum absolute atomic E-state index is 12.9. The molecule has 4 heteroatoms. The number of methoxy groups -OCH3 is 1. The van der Waals surface area contributed by atoms with Crippen LogP contribution in [0.1, 0.15) is 24.5 Å². The van der Waals surface area contributed by atoms with Crippen molar-refractivity contribution in [3.8, 4) is 0 Å². The van der Waals surface area contributed by atoms with Crippen molar-refractivity contribution >= 4 is 0 Å². The van der Waals surface area contributed by atoms with E-state index in [1.54, 1.807) is 19.2 Å². The second kappa shape index (κ2) is 6.98. The second-order valence-corrected chi connectivity index (χ2v) is 5.17. The van der Waals surface area contributed by atoms with Crippen LogP contribution in [-0.2, 0) is 4.74 Å². The molecule has 0 saturated carbocycles. The molecule has 0 aliphatic carbocycles. The Balaban J connectivity index is 1.85. The summed E-state index contributed by atoms with van der Waals surface area (Å²) >= 11 is 0. The van der Waals surface area contributed by atoms with Crippen LogP contribution in [0.2, 0.25) is 0 Å². The third kappa shape index (κ3) is 4.00. The largest absolute Gasteiger partial charge is 0.388 e. The Bertz CT molecular complexity index is 374. The molecule has 3 nitrogen and oxygen atoms in total. The maximum atomic E-state index is 12.9. The van der Waals surface area contributed by atoms with Crippen molar-refractivity contribution in [1.82, 2.24) is 4.90 Å². The molecular weight excluding hydrogens is 245 g/mol. The minimum Gasteiger partial charge on any atom is -0.388 e. The topological polar surface area (TPSA) is 32.7 Å². The highest BCUT2D eigenvalue weighted by atomic mass is 19.1. The highest BCUT2D eigenvalue weighted by Crippen LogP contribution is 2.30. The number of benzene rings is 1. The van der Waals surface area contributed by atoms with E-state index in [9.17, 15) is 9.50 Å². The van der Waals surface area contributed by atoms with E-state index in [1.807, 2.05) is 0 Å². The Morgan fingerprint density at radius 3 is 2.53 bits per heavy atom. The fraction of sp³-hybridized carbons (Fsp3) is 0.600. The number of hydrogen-bond acceptors (Lipinski definition) is 3. The van der Waals surface area contributed by atoms with Gasteiger partial charge in [-0.25, -0.2) is 4.39 Å². The Labute approximate surface area is 114 Å². The second-order valence-electron chi connectivity index (χ2n) is 5.17. The van der Waals surface area contributed by atoms with Crippen LogP contribution in [0.15, 0.2) is 24.3 Å². The lowest BCUT2D eigenvalue weighted by molar-refractivity contribution is 0.0501. The molecule has 1 fully saturated rings. The standard InChI is InChI=1S/C15H22FNO2/c1-19-11-10-17-8-6-13(7-9-17)15(18)12-2-4-14(16)5-3-12/h2-5,13,15,18H,6-11H2,1H3. The van der Waals surface area contributed by atoms with Crippen molar-refractivity contribution < 1.29 is 14.2 Å². The average molecular weight is 267 g/mol. The summed E-state index contributed by atoms with van der Waals surface area (Å²) in [5, 5.41) is 10.3. The van der Waals surface area contributed by atoms with Crippen LogP contribution in [0.4, 0.5) is 4.39 Å². The number of hydrogen-bond donors (Lipinski definition) is 1. The molecule has 0 spiro atoms. The van der Waals surface area contributed by atoms with E-state index >= 15 is 0 Å². The average Bonchev–Trinajstić information content (AvgIpc) is 2.46. The molecule has 1 heterocycles. The summed E-state index contributed by atoms with van der Waals surface area (Å²) in [7, 11) is 1.71. The Morgan fingerprint density at radius 2 is 1.95 bits per heavy atom. The third-order valence-corrected chi connectivity index (χ3v) is 3.90. The van der Waals surface area contributed by atoms with Crippen molar-refractivity contribution in [2.45, 2.75) is 18.9 Å². The summed E-state index contributed by atoms with van der Waals surface area (Å²) in [6.07, 6.45) is 1.47. The number of halogens is 1. The van der Waals surface area contributed by atoms with Crippen molar-refractivity contribution in [3.05, 3.63) is 35.6 Å². The molecule has 19 heavy (non-hydrogen) atoms. The number of nitrogens with zero attached hydrogens (tertiary/aromatic N) is 1. The summed E-state index contributed by atoms with van der Waals surface area (Å²) in [5.74, 6) is 0.00888. The van der Waals surface area contributed by atoms with E-state index in [0.29, 0.717) is 0 Å². The number of rotatable bonds is 5. The summed E-state index contributed by atoms with van der Waals surface area (Å²) in [6.45, 7) is 3.69. The van der Waals surface area contributed by atoms with E-state index in [0.717, 1.165) is 44.6 Å². The summed E-state index contributed by atoms with van der Waals surface area (Å²) in [6, 6.07) is 6.17. The molecule has 0 radical (unpaired) electrons. The molecule has 0 amide bonds. The van der Waals surface area contributed by atoms with Gasteiger partial charge in [-0.1, -0.05) is 12.1 Å². The van der Waals surface area contributed by atoms with Gasteiger partial charge in [-0.15, -0.1) is 0 Å². The van der Waals surface area contributed by atoms with Crippen LogP contribution >= 0.6 is 0 Å². The normalized spacial score (nSPS) is 19.5. The molecule has 1 N–H and O–H groups in total. The van der Waals surface area contributed by atoms with Crippen molar-refractivity contribution in [2.75, 3.05) is 33.4 Å². The van der Waals surface area contributed by atoms with Crippen molar-refractivity contribution in [2.24, 2.45) is 5.92 Å². The van der Waals surface area contributed by atoms with Gasteiger partial charge in [-0.2, -0.15) is 0 Å². The molecular formula is C15H22FNO2. The molecule has 1 aliphatic rings. The Kier molecular flexibility index (Phi) is 5.31. The quantitative estimate of drug-likeness (QED) is 0.888. The first kappa shape index (κ1) is 14.4. The number of piperidine rings is 1. The lowest BCUT2D eigenvalue weighted by atomic mass is 9.87. The van der Waals surface area contributed by atoms with Crippen LogP contribution in [-0.4, -0.2) is 43.4 Å².